The Balaban J connectivity index is 2.09. The maximum Gasteiger partial charge on any atom is 0.251 e. The lowest BCUT2D eigenvalue weighted by molar-refractivity contribution is 0.0954. The third-order valence-corrected chi connectivity index (χ3v) is 5.76. The molecule has 0 heterocycles. The fourth-order valence-electron chi connectivity index (χ4n) is 2.75. The highest BCUT2D eigenvalue weighted by molar-refractivity contribution is 7.89. The molecule has 2 aromatic rings. The molecule has 0 fully saturated rings. The number of benzene rings is 2. The molecule has 0 aliphatic carbocycles. The largest absolute Gasteiger partial charge is 0.495 e. The molecule has 2 aromatic carbocycles. The Morgan fingerprint density at radius 3 is 2.21 bits per heavy atom. The van der Waals surface area contributed by atoms with Crippen LogP contribution in [0.2, 0.25) is 0 Å². The van der Waals surface area contributed by atoms with E-state index in [-0.39, 0.29) is 28.7 Å². The normalized spacial score (nSPS) is 11.0. The summed E-state index contributed by atoms with van der Waals surface area (Å²) in [4.78, 5) is 12.4. The zero-order valence-electron chi connectivity index (χ0n) is 16.9. The van der Waals surface area contributed by atoms with Gasteiger partial charge in [0.25, 0.3) is 5.91 Å². The summed E-state index contributed by atoms with van der Waals surface area (Å²) in [5.41, 5.74) is 1.20. The van der Waals surface area contributed by atoms with E-state index in [0.717, 1.165) is 5.56 Å². The molecule has 8 nitrogen and oxygen atoms in total. The molecule has 0 radical (unpaired) electrons. The van der Waals surface area contributed by atoms with Crippen LogP contribution in [-0.4, -0.2) is 48.7 Å². The molecule has 0 aliphatic rings. The van der Waals surface area contributed by atoms with Crippen LogP contribution >= 0.6 is 0 Å². The average Bonchev–Trinajstić information content (AvgIpc) is 2.72. The van der Waals surface area contributed by atoms with Crippen molar-refractivity contribution >= 4 is 15.9 Å². The first-order valence-electron chi connectivity index (χ1n) is 9.03. The van der Waals surface area contributed by atoms with Crippen LogP contribution in [0.3, 0.4) is 0 Å². The van der Waals surface area contributed by atoms with E-state index < -0.39 is 10.0 Å². The standard InChI is InChI=1S/C20H26N2O6S/c1-5-22-29(24,25)19-13-15(7-9-17(19)27-3)20(23)21-11-10-14-6-8-16(26-2)18(12-14)28-4/h6-9,12-13,22H,5,10-11H2,1-4H3,(H,21,23). The summed E-state index contributed by atoms with van der Waals surface area (Å²) in [5, 5.41) is 2.79. The van der Waals surface area contributed by atoms with Gasteiger partial charge in [0, 0.05) is 18.7 Å². The fraction of sp³-hybridized carbons (Fsp3) is 0.350. The van der Waals surface area contributed by atoms with Gasteiger partial charge in [0.1, 0.15) is 10.6 Å². The Morgan fingerprint density at radius 1 is 0.931 bits per heavy atom. The van der Waals surface area contributed by atoms with Gasteiger partial charge in [0.05, 0.1) is 21.3 Å². The average molecular weight is 423 g/mol. The molecule has 0 atom stereocenters. The van der Waals surface area contributed by atoms with Crippen molar-refractivity contribution in [1.29, 1.82) is 0 Å². The lowest BCUT2D eigenvalue weighted by Crippen LogP contribution is -2.27. The van der Waals surface area contributed by atoms with Crippen LogP contribution in [0.4, 0.5) is 0 Å². The predicted octanol–water partition coefficient (Wildman–Crippen LogP) is 1.98. The summed E-state index contributed by atoms with van der Waals surface area (Å²) < 4.78 is 42.7. The number of nitrogens with one attached hydrogen (secondary N) is 2. The van der Waals surface area contributed by atoms with Gasteiger partial charge in [-0.2, -0.15) is 0 Å². The Kier molecular flexibility index (Phi) is 7.86. The van der Waals surface area contributed by atoms with Crippen molar-refractivity contribution in [2.75, 3.05) is 34.4 Å². The van der Waals surface area contributed by atoms with Crippen LogP contribution in [0, 0.1) is 0 Å². The number of hydrogen-bond acceptors (Lipinski definition) is 6. The van der Waals surface area contributed by atoms with Crippen molar-refractivity contribution in [3.63, 3.8) is 0 Å². The van der Waals surface area contributed by atoms with Crippen LogP contribution in [0.1, 0.15) is 22.8 Å². The van der Waals surface area contributed by atoms with Crippen molar-refractivity contribution < 1.29 is 27.4 Å². The van der Waals surface area contributed by atoms with Gasteiger partial charge in [0.2, 0.25) is 10.0 Å². The number of hydrogen-bond donors (Lipinski definition) is 2. The zero-order valence-corrected chi connectivity index (χ0v) is 17.8. The number of amides is 1. The monoisotopic (exact) mass is 422 g/mol. The second-order valence-corrected chi connectivity index (χ2v) is 7.80. The molecular formula is C20H26N2O6S. The first-order chi connectivity index (χ1) is 13.9. The molecule has 0 saturated carbocycles. The molecule has 1 amide bonds. The molecule has 0 aliphatic heterocycles. The zero-order chi connectivity index (χ0) is 21.4. The van der Waals surface area contributed by atoms with E-state index in [2.05, 4.69) is 10.0 Å². The smallest absolute Gasteiger partial charge is 0.251 e. The Bertz CT molecular complexity index is 959. The summed E-state index contributed by atoms with van der Waals surface area (Å²) in [6.07, 6.45) is 0.574. The summed E-state index contributed by atoms with van der Waals surface area (Å²) in [7, 11) is 0.739. The Labute approximate surface area is 171 Å². The highest BCUT2D eigenvalue weighted by Gasteiger charge is 2.20. The Morgan fingerprint density at radius 2 is 1.59 bits per heavy atom. The van der Waals surface area contributed by atoms with Crippen molar-refractivity contribution in [2.45, 2.75) is 18.2 Å². The minimum absolute atomic E-state index is 0.0746. The van der Waals surface area contributed by atoms with Crippen molar-refractivity contribution in [2.24, 2.45) is 0 Å². The third kappa shape index (κ3) is 5.61. The minimum atomic E-state index is -3.77. The van der Waals surface area contributed by atoms with Gasteiger partial charge < -0.3 is 19.5 Å². The second-order valence-electron chi connectivity index (χ2n) is 6.06. The molecule has 0 spiro atoms. The first-order valence-corrected chi connectivity index (χ1v) is 10.5. The van der Waals surface area contributed by atoms with E-state index >= 15 is 0 Å². The van der Waals surface area contributed by atoms with E-state index in [0.29, 0.717) is 24.5 Å². The number of rotatable bonds is 10. The van der Waals surface area contributed by atoms with E-state index in [1.807, 2.05) is 12.1 Å². The summed E-state index contributed by atoms with van der Waals surface area (Å²) in [6, 6.07) is 9.84. The SMILES string of the molecule is CCNS(=O)(=O)c1cc(C(=O)NCCc2ccc(OC)c(OC)c2)ccc1OC. The van der Waals surface area contributed by atoms with E-state index in [9.17, 15) is 13.2 Å². The van der Waals surface area contributed by atoms with Gasteiger partial charge in [-0.15, -0.1) is 0 Å². The van der Waals surface area contributed by atoms with Gasteiger partial charge >= 0.3 is 0 Å². The van der Waals surface area contributed by atoms with Gasteiger partial charge in [0.15, 0.2) is 11.5 Å². The van der Waals surface area contributed by atoms with Crippen LogP contribution in [0.5, 0.6) is 17.2 Å². The quantitative estimate of drug-likeness (QED) is 0.607. The first kappa shape index (κ1) is 22.5. The molecule has 0 bridgehead atoms. The lowest BCUT2D eigenvalue weighted by Gasteiger charge is -2.12. The molecule has 0 saturated heterocycles. The second kappa shape index (κ2) is 10.1. The minimum Gasteiger partial charge on any atom is -0.495 e. The summed E-state index contributed by atoms with van der Waals surface area (Å²) >= 11 is 0. The number of carbonyl (C=O) groups excluding carboxylic acids is 1. The van der Waals surface area contributed by atoms with Gasteiger partial charge in [-0.25, -0.2) is 13.1 Å². The van der Waals surface area contributed by atoms with Crippen molar-refractivity contribution in [1.82, 2.24) is 10.0 Å². The third-order valence-electron chi connectivity index (χ3n) is 4.20. The maximum atomic E-state index is 12.5. The van der Waals surface area contributed by atoms with Crippen LogP contribution in [0.25, 0.3) is 0 Å². The molecule has 29 heavy (non-hydrogen) atoms. The maximum absolute atomic E-state index is 12.5. The Hall–Kier alpha value is -2.78. The van der Waals surface area contributed by atoms with E-state index in [1.54, 1.807) is 27.2 Å². The number of methoxy groups -OCH3 is 3. The van der Waals surface area contributed by atoms with Gasteiger partial charge in [-0.05, 0) is 42.3 Å². The summed E-state index contributed by atoms with van der Waals surface area (Å²) in [5.74, 6) is 1.05. The van der Waals surface area contributed by atoms with Crippen LogP contribution in [-0.2, 0) is 16.4 Å². The van der Waals surface area contributed by atoms with E-state index in [1.165, 1.54) is 25.3 Å². The molecule has 0 unspecified atom stereocenters. The predicted molar refractivity (Wildman–Crippen MR) is 109 cm³/mol. The van der Waals surface area contributed by atoms with Crippen molar-refractivity contribution in [3.8, 4) is 17.2 Å². The fourth-order valence-corrected chi connectivity index (χ4v) is 3.99. The van der Waals surface area contributed by atoms with Gasteiger partial charge in [-0.1, -0.05) is 13.0 Å². The van der Waals surface area contributed by atoms with E-state index in [4.69, 9.17) is 14.2 Å². The topological polar surface area (TPSA) is 103 Å². The summed E-state index contributed by atoms with van der Waals surface area (Å²) in [6.45, 7) is 2.28. The molecule has 2 rings (SSSR count). The molecular weight excluding hydrogens is 396 g/mol. The number of carbonyl (C=O) groups is 1. The number of ether oxygens (including phenoxy) is 3. The van der Waals surface area contributed by atoms with Crippen LogP contribution < -0.4 is 24.2 Å². The van der Waals surface area contributed by atoms with Crippen LogP contribution in [0.15, 0.2) is 41.3 Å². The molecule has 158 valence electrons. The lowest BCUT2D eigenvalue weighted by atomic mass is 10.1. The van der Waals surface area contributed by atoms with Gasteiger partial charge in [-0.3, -0.25) is 4.79 Å². The van der Waals surface area contributed by atoms with Crippen molar-refractivity contribution in [3.05, 3.63) is 47.5 Å². The highest BCUT2D eigenvalue weighted by Crippen LogP contribution is 2.28. The number of sulfonamides is 1. The molecule has 9 heteroatoms. The molecule has 0 aromatic heterocycles. The molecule has 2 N–H and O–H groups in total. The highest BCUT2D eigenvalue weighted by atomic mass is 32.2.